The standard InChI is InChI=1S/C34H22N4/c1-2-8-25(9-3-1)37-31-12-6-4-10-27(31)29-18-23(14-16-33(29)37)24-15-17-34-30(19-24)28-11-5-7-13-32(28)38(34)26-20-35-22-36-21-26/h1-22H. The third kappa shape index (κ3) is 3.04. The number of hydrogen-bond donors (Lipinski definition) is 0. The molecule has 0 spiro atoms. The summed E-state index contributed by atoms with van der Waals surface area (Å²) in [6.45, 7) is 0. The first-order valence-electron chi connectivity index (χ1n) is 12.7. The first kappa shape index (κ1) is 20.9. The van der Waals surface area contributed by atoms with Gasteiger partial charge in [-0.25, -0.2) is 9.97 Å². The monoisotopic (exact) mass is 486 g/mol. The van der Waals surface area contributed by atoms with Crippen LogP contribution in [0.2, 0.25) is 0 Å². The molecule has 0 N–H and O–H groups in total. The molecule has 4 nitrogen and oxygen atoms in total. The lowest BCUT2D eigenvalue weighted by molar-refractivity contribution is 1.07. The number of rotatable bonds is 3. The number of aromatic nitrogens is 4. The van der Waals surface area contributed by atoms with Gasteiger partial charge in [0.25, 0.3) is 0 Å². The molecule has 0 aliphatic heterocycles. The third-order valence-corrected chi connectivity index (χ3v) is 7.50. The van der Waals surface area contributed by atoms with Gasteiger partial charge < -0.3 is 9.13 Å². The molecule has 3 aromatic heterocycles. The van der Waals surface area contributed by atoms with Gasteiger partial charge in [0.05, 0.1) is 40.1 Å². The first-order chi connectivity index (χ1) is 18.9. The Labute approximate surface area is 219 Å². The average Bonchev–Trinajstić information content (AvgIpc) is 3.50. The lowest BCUT2D eigenvalue weighted by atomic mass is 10.0. The molecule has 3 heterocycles. The molecule has 38 heavy (non-hydrogen) atoms. The van der Waals surface area contributed by atoms with Crippen LogP contribution >= 0.6 is 0 Å². The molecule has 4 heteroatoms. The van der Waals surface area contributed by atoms with Crippen molar-refractivity contribution in [3.8, 4) is 22.5 Å². The molecule has 0 aliphatic carbocycles. The van der Waals surface area contributed by atoms with Gasteiger partial charge in [0, 0.05) is 27.2 Å². The van der Waals surface area contributed by atoms with E-state index in [1.54, 1.807) is 6.33 Å². The average molecular weight is 487 g/mol. The summed E-state index contributed by atoms with van der Waals surface area (Å²) in [5, 5.41) is 4.95. The molecule has 0 amide bonds. The predicted molar refractivity (Wildman–Crippen MR) is 156 cm³/mol. The van der Waals surface area contributed by atoms with E-state index in [-0.39, 0.29) is 0 Å². The quantitative estimate of drug-likeness (QED) is 0.252. The van der Waals surface area contributed by atoms with Gasteiger partial charge in [-0.15, -0.1) is 0 Å². The smallest absolute Gasteiger partial charge is 0.115 e. The molecular formula is C34H22N4. The van der Waals surface area contributed by atoms with Gasteiger partial charge in [0.2, 0.25) is 0 Å². The summed E-state index contributed by atoms with van der Waals surface area (Å²) in [5.41, 5.74) is 9.25. The van der Waals surface area contributed by atoms with Crippen molar-refractivity contribution >= 4 is 43.6 Å². The second-order valence-corrected chi connectivity index (χ2v) is 9.60. The van der Waals surface area contributed by atoms with Crippen LogP contribution in [0.4, 0.5) is 0 Å². The second-order valence-electron chi connectivity index (χ2n) is 9.60. The fourth-order valence-electron chi connectivity index (χ4n) is 5.85. The number of hydrogen-bond acceptors (Lipinski definition) is 2. The van der Waals surface area contributed by atoms with Crippen LogP contribution in [-0.2, 0) is 0 Å². The number of para-hydroxylation sites is 3. The third-order valence-electron chi connectivity index (χ3n) is 7.50. The van der Waals surface area contributed by atoms with Crippen molar-refractivity contribution in [2.45, 2.75) is 0 Å². The maximum atomic E-state index is 4.26. The van der Waals surface area contributed by atoms with Crippen molar-refractivity contribution in [3.05, 3.63) is 134 Å². The Morgan fingerprint density at radius 3 is 1.45 bits per heavy atom. The van der Waals surface area contributed by atoms with Crippen LogP contribution in [-0.4, -0.2) is 19.1 Å². The van der Waals surface area contributed by atoms with Crippen LogP contribution < -0.4 is 0 Å². The molecule has 5 aromatic carbocycles. The number of fused-ring (bicyclic) bond motifs is 6. The fourth-order valence-corrected chi connectivity index (χ4v) is 5.85. The minimum atomic E-state index is 0.960. The Balaban J connectivity index is 1.36. The molecule has 0 saturated heterocycles. The maximum Gasteiger partial charge on any atom is 0.115 e. The Morgan fingerprint density at radius 2 is 0.868 bits per heavy atom. The predicted octanol–water partition coefficient (Wildman–Crippen LogP) is 8.34. The molecule has 178 valence electrons. The van der Waals surface area contributed by atoms with Crippen LogP contribution in [0, 0.1) is 0 Å². The number of benzene rings is 5. The molecular weight excluding hydrogens is 464 g/mol. The Bertz CT molecular complexity index is 1960. The summed E-state index contributed by atoms with van der Waals surface area (Å²) in [4.78, 5) is 8.53. The topological polar surface area (TPSA) is 35.6 Å². The molecule has 0 aliphatic rings. The molecule has 0 atom stereocenters. The zero-order valence-electron chi connectivity index (χ0n) is 20.5. The lowest BCUT2D eigenvalue weighted by Gasteiger charge is -2.09. The maximum absolute atomic E-state index is 4.26. The zero-order valence-corrected chi connectivity index (χ0v) is 20.5. The Kier molecular flexibility index (Phi) is 4.49. The molecule has 0 bridgehead atoms. The van der Waals surface area contributed by atoms with Gasteiger partial charge in [-0.05, 0) is 59.7 Å². The number of nitrogens with zero attached hydrogens (tertiary/aromatic N) is 4. The van der Waals surface area contributed by atoms with E-state index in [0.717, 1.165) is 16.7 Å². The van der Waals surface area contributed by atoms with E-state index >= 15 is 0 Å². The van der Waals surface area contributed by atoms with E-state index in [1.807, 2.05) is 12.4 Å². The summed E-state index contributed by atoms with van der Waals surface area (Å²) in [7, 11) is 0. The second kappa shape index (κ2) is 8.15. The van der Waals surface area contributed by atoms with Crippen molar-refractivity contribution in [2.75, 3.05) is 0 Å². The SMILES string of the molecule is c1ccc(-n2c3ccccc3c3cc(-c4ccc5c(c4)c4ccccc4n5-c4cncnc4)ccc32)cc1. The van der Waals surface area contributed by atoms with E-state index in [0.29, 0.717) is 0 Å². The van der Waals surface area contributed by atoms with Crippen LogP contribution in [0.3, 0.4) is 0 Å². The minimum absolute atomic E-state index is 0.960. The van der Waals surface area contributed by atoms with Crippen molar-refractivity contribution in [2.24, 2.45) is 0 Å². The van der Waals surface area contributed by atoms with Crippen LogP contribution in [0.25, 0.3) is 66.1 Å². The molecule has 0 radical (unpaired) electrons. The molecule has 0 unspecified atom stereocenters. The highest BCUT2D eigenvalue weighted by atomic mass is 15.0. The summed E-state index contributed by atoms with van der Waals surface area (Å²) in [6, 6.07) is 41.4. The summed E-state index contributed by atoms with van der Waals surface area (Å²) in [5.74, 6) is 0. The Morgan fingerprint density at radius 1 is 0.395 bits per heavy atom. The van der Waals surface area contributed by atoms with E-state index in [2.05, 4.69) is 134 Å². The summed E-state index contributed by atoms with van der Waals surface area (Å²) < 4.78 is 4.60. The van der Waals surface area contributed by atoms with E-state index in [9.17, 15) is 0 Å². The van der Waals surface area contributed by atoms with Crippen molar-refractivity contribution in [3.63, 3.8) is 0 Å². The molecule has 8 rings (SSSR count). The van der Waals surface area contributed by atoms with Crippen LogP contribution in [0.15, 0.2) is 134 Å². The van der Waals surface area contributed by atoms with Gasteiger partial charge in [0.1, 0.15) is 6.33 Å². The van der Waals surface area contributed by atoms with Crippen LogP contribution in [0.5, 0.6) is 0 Å². The van der Waals surface area contributed by atoms with Crippen molar-refractivity contribution in [1.82, 2.24) is 19.1 Å². The molecule has 8 aromatic rings. The van der Waals surface area contributed by atoms with E-state index < -0.39 is 0 Å². The van der Waals surface area contributed by atoms with Gasteiger partial charge in [-0.2, -0.15) is 0 Å². The Hall–Kier alpha value is -5.22. The fraction of sp³-hybridized carbons (Fsp3) is 0. The zero-order chi connectivity index (χ0) is 25.1. The minimum Gasteiger partial charge on any atom is -0.309 e. The lowest BCUT2D eigenvalue weighted by Crippen LogP contribution is -1.95. The highest BCUT2D eigenvalue weighted by Gasteiger charge is 2.15. The van der Waals surface area contributed by atoms with Gasteiger partial charge >= 0.3 is 0 Å². The van der Waals surface area contributed by atoms with Crippen LogP contribution in [0.1, 0.15) is 0 Å². The summed E-state index contributed by atoms with van der Waals surface area (Å²) >= 11 is 0. The van der Waals surface area contributed by atoms with E-state index in [4.69, 9.17) is 0 Å². The summed E-state index contributed by atoms with van der Waals surface area (Å²) in [6.07, 6.45) is 5.30. The molecule has 0 saturated carbocycles. The highest BCUT2D eigenvalue weighted by Crippen LogP contribution is 2.37. The van der Waals surface area contributed by atoms with Gasteiger partial charge in [-0.1, -0.05) is 66.7 Å². The van der Waals surface area contributed by atoms with Crippen molar-refractivity contribution in [1.29, 1.82) is 0 Å². The van der Waals surface area contributed by atoms with E-state index in [1.165, 1.54) is 49.4 Å². The van der Waals surface area contributed by atoms with Crippen molar-refractivity contribution < 1.29 is 0 Å². The van der Waals surface area contributed by atoms with Gasteiger partial charge in [0.15, 0.2) is 0 Å². The largest absolute Gasteiger partial charge is 0.309 e. The highest BCUT2D eigenvalue weighted by molar-refractivity contribution is 6.12. The normalized spacial score (nSPS) is 11.7. The van der Waals surface area contributed by atoms with Gasteiger partial charge in [-0.3, -0.25) is 0 Å². The molecule has 0 fully saturated rings. The first-order valence-corrected chi connectivity index (χ1v) is 12.7.